The van der Waals surface area contributed by atoms with Gasteiger partial charge in [-0.15, -0.1) is 11.3 Å². The highest BCUT2D eigenvalue weighted by atomic mass is 32.1. The van der Waals surface area contributed by atoms with Crippen molar-refractivity contribution in [2.45, 2.75) is 45.7 Å². The lowest BCUT2D eigenvalue weighted by atomic mass is 9.95. The molecule has 1 amide bonds. The minimum atomic E-state index is -4.44. The number of aromatic nitrogens is 1. The number of carbonyl (C=O) groups excluding carboxylic acids is 1. The number of aryl methyl sites for hydroxylation is 2. The highest BCUT2D eigenvalue weighted by Crippen LogP contribution is 2.39. The maximum absolute atomic E-state index is 13.6. The summed E-state index contributed by atoms with van der Waals surface area (Å²) < 4.78 is 41.0. The van der Waals surface area contributed by atoms with Gasteiger partial charge in [-0.2, -0.15) is 18.4 Å². The Morgan fingerprint density at radius 3 is 2.41 bits per heavy atom. The van der Waals surface area contributed by atoms with Gasteiger partial charge in [0.2, 0.25) is 0 Å². The van der Waals surface area contributed by atoms with Gasteiger partial charge in [0, 0.05) is 22.0 Å². The number of benzene rings is 2. The number of halogens is 3. The van der Waals surface area contributed by atoms with Gasteiger partial charge in [0.15, 0.2) is 0 Å². The number of carbonyl (C=O) groups is 1. The third-order valence-electron chi connectivity index (χ3n) is 7.03. The highest BCUT2D eigenvalue weighted by Gasteiger charge is 2.30. The van der Waals surface area contributed by atoms with Gasteiger partial charge in [-0.05, 0) is 92.6 Å². The van der Waals surface area contributed by atoms with Crippen molar-refractivity contribution in [1.29, 1.82) is 5.26 Å². The topological polar surface area (TPSA) is 57.8 Å². The summed E-state index contributed by atoms with van der Waals surface area (Å²) in [6, 6.07) is 18.0. The van der Waals surface area contributed by atoms with E-state index in [4.69, 9.17) is 0 Å². The molecule has 0 atom stereocenters. The molecule has 0 saturated heterocycles. The number of amides is 1. The van der Waals surface area contributed by atoms with Crippen molar-refractivity contribution in [2.24, 2.45) is 0 Å². The molecule has 0 fully saturated rings. The number of anilines is 1. The zero-order valence-electron chi connectivity index (χ0n) is 21.5. The van der Waals surface area contributed by atoms with E-state index in [0.29, 0.717) is 11.1 Å². The molecule has 0 aliphatic heterocycles. The Morgan fingerprint density at radius 2 is 1.74 bits per heavy atom. The number of alkyl halides is 3. The van der Waals surface area contributed by atoms with Gasteiger partial charge < -0.3 is 9.88 Å². The molecule has 198 valence electrons. The summed E-state index contributed by atoms with van der Waals surface area (Å²) in [5.74, 6) is -0.150. The lowest BCUT2D eigenvalue weighted by molar-refractivity contribution is -0.137. The molecule has 2 heterocycles. The maximum Gasteiger partial charge on any atom is 0.416 e. The lowest BCUT2D eigenvalue weighted by Crippen LogP contribution is -2.17. The first-order valence-corrected chi connectivity index (χ1v) is 13.5. The Bertz CT molecular complexity index is 1600. The van der Waals surface area contributed by atoms with E-state index < -0.39 is 11.7 Å². The second-order valence-corrected chi connectivity index (χ2v) is 10.7. The van der Waals surface area contributed by atoms with Crippen molar-refractivity contribution in [2.75, 3.05) is 5.32 Å². The van der Waals surface area contributed by atoms with Crippen LogP contribution in [0.5, 0.6) is 0 Å². The van der Waals surface area contributed by atoms with Crippen LogP contribution in [0.3, 0.4) is 0 Å². The van der Waals surface area contributed by atoms with Crippen LogP contribution in [0, 0.1) is 25.2 Å². The summed E-state index contributed by atoms with van der Waals surface area (Å²) in [6.07, 6.45) is 1.16. The Balaban J connectivity index is 1.56. The van der Waals surface area contributed by atoms with Gasteiger partial charge in [-0.1, -0.05) is 30.3 Å². The molecule has 4 nitrogen and oxygen atoms in total. The molecule has 1 aliphatic rings. The van der Waals surface area contributed by atoms with Crippen molar-refractivity contribution in [3.63, 3.8) is 0 Å². The van der Waals surface area contributed by atoms with Crippen LogP contribution in [0.2, 0.25) is 0 Å². The molecule has 4 aromatic rings. The largest absolute Gasteiger partial charge is 0.416 e. The molecule has 0 unspecified atom stereocenters. The molecule has 0 bridgehead atoms. The number of nitriles is 1. The number of fused-ring (bicyclic) bond motifs is 1. The van der Waals surface area contributed by atoms with Gasteiger partial charge in [-0.25, -0.2) is 0 Å². The van der Waals surface area contributed by atoms with Gasteiger partial charge in [0.1, 0.15) is 5.00 Å². The van der Waals surface area contributed by atoms with Crippen LogP contribution in [0.25, 0.3) is 16.7 Å². The molecule has 0 radical (unpaired) electrons. The van der Waals surface area contributed by atoms with Crippen molar-refractivity contribution in [1.82, 2.24) is 4.57 Å². The monoisotopic (exact) mass is 545 g/mol. The van der Waals surface area contributed by atoms with Crippen LogP contribution in [-0.4, -0.2) is 10.5 Å². The van der Waals surface area contributed by atoms with Crippen molar-refractivity contribution in [3.05, 3.63) is 105 Å². The number of allylic oxidation sites excluding steroid dienone is 1. The second-order valence-electron chi connectivity index (χ2n) is 9.62. The van der Waals surface area contributed by atoms with Crippen molar-refractivity contribution < 1.29 is 18.0 Å². The number of hydrogen-bond donors (Lipinski definition) is 1. The van der Waals surface area contributed by atoms with E-state index in [-0.39, 0.29) is 11.5 Å². The molecule has 0 spiro atoms. The number of hydrogen-bond acceptors (Lipinski definition) is 3. The molecule has 39 heavy (non-hydrogen) atoms. The quantitative estimate of drug-likeness (QED) is 0.256. The van der Waals surface area contributed by atoms with E-state index in [2.05, 4.69) is 16.0 Å². The first kappa shape index (κ1) is 26.5. The molecule has 1 aliphatic carbocycles. The molecular weight excluding hydrogens is 519 g/mol. The van der Waals surface area contributed by atoms with E-state index in [9.17, 15) is 23.2 Å². The van der Waals surface area contributed by atoms with Gasteiger partial charge >= 0.3 is 6.18 Å². The van der Waals surface area contributed by atoms with Gasteiger partial charge in [0.25, 0.3) is 5.91 Å². The Labute approximate surface area is 229 Å². The van der Waals surface area contributed by atoms with Crippen molar-refractivity contribution in [3.8, 4) is 11.1 Å². The number of nitrogens with zero attached hydrogens (tertiary/aromatic N) is 2. The summed E-state index contributed by atoms with van der Waals surface area (Å²) in [5, 5.41) is 13.7. The minimum absolute atomic E-state index is 0.150. The van der Waals surface area contributed by atoms with E-state index >= 15 is 0 Å². The van der Waals surface area contributed by atoms with Crippen molar-refractivity contribution >= 4 is 34.6 Å². The van der Waals surface area contributed by atoms with E-state index in [0.717, 1.165) is 71.0 Å². The molecule has 2 aromatic carbocycles. The highest BCUT2D eigenvalue weighted by molar-refractivity contribution is 7.15. The summed E-state index contributed by atoms with van der Waals surface area (Å²) in [6.45, 7) is 3.88. The molecule has 8 heteroatoms. The van der Waals surface area contributed by atoms with Crippen LogP contribution < -0.4 is 5.32 Å². The standard InChI is InChI=1S/C31H26F3N3OS/c1-19-16-22(17-23(18-35)21-12-14-24(15-13-21)31(32,33)34)20(2)37(19)30-28(26-10-6-7-11-27(26)39-30)29(38)36-25-8-4-3-5-9-25/h3-5,8-9,12-17H,6-7,10-11H2,1-2H3,(H,36,38)/b23-17-. The third-order valence-corrected chi connectivity index (χ3v) is 8.31. The number of nitrogens with one attached hydrogen (secondary N) is 1. The number of rotatable bonds is 5. The fourth-order valence-electron chi connectivity index (χ4n) is 5.08. The van der Waals surface area contributed by atoms with E-state index in [1.54, 1.807) is 17.4 Å². The summed E-state index contributed by atoms with van der Waals surface area (Å²) in [5.41, 5.74) is 4.93. The predicted octanol–water partition coefficient (Wildman–Crippen LogP) is 8.37. The Kier molecular flexibility index (Phi) is 7.19. The zero-order valence-corrected chi connectivity index (χ0v) is 22.3. The van der Waals surface area contributed by atoms with Crippen LogP contribution in [0.1, 0.15) is 61.7 Å². The van der Waals surface area contributed by atoms with Crippen LogP contribution in [0.4, 0.5) is 18.9 Å². The van der Waals surface area contributed by atoms with Crippen LogP contribution >= 0.6 is 11.3 Å². The van der Waals surface area contributed by atoms with Gasteiger partial charge in [-0.3, -0.25) is 4.79 Å². The second kappa shape index (κ2) is 10.6. The predicted molar refractivity (Wildman–Crippen MR) is 149 cm³/mol. The average molecular weight is 546 g/mol. The first-order valence-electron chi connectivity index (χ1n) is 12.7. The molecular formula is C31H26F3N3OS. The lowest BCUT2D eigenvalue weighted by Gasteiger charge is -2.14. The Morgan fingerprint density at radius 1 is 1.05 bits per heavy atom. The smallest absolute Gasteiger partial charge is 0.322 e. The zero-order chi connectivity index (χ0) is 27.7. The fraction of sp³-hybridized carbons (Fsp3) is 0.226. The van der Waals surface area contributed by atoms with E-state index in [1.165, 1.54) is 17.0 Å². The van der Waals surface area contributed by atoms with Gasteiger partial charge in [0.05, 0.1) is 22.8 Å². The van der Waals surface area contributed by atoms with E-state index in [1.807, 2.05) is 50.2 Å². The molecule has 2 aromatic heterocycles. The van der Waals surface area contributed by atoms with Crippen LogP contribution in [0.15, 0.2) is 60.7 Å². The number of para-hydroxylation sites is 1. The average Bonchev–Trinajstić information content (AvgIpc) is 3.43. The first-order chi connectivity index (χ1) is 18.7. The maximum atomic E-state index is 13.6. The SMILES string of the molecule is Cc1cc(/C=C(/C#N)c2ccc(C(F)(F)F)cc2)c(C)n1-c1sc2c(c1C(=O)Nc1ccccc1)CCCC2. The van der Waals surface area contributed by atoms with Crippen LogP contribution in [-0.2, 0) is 19.0 Å². The molecule has 0 saturated carbocycles. The molecule has 5 rings (SSSR count). The minimum Gasteiger partial charge on any atom is -0.322 e. The Hall–Kier alpha value is -4.09. The fourth-order valence-corrected chi connectivity index (χ4v) is 6.58. The normalized spacial score (nSPS) is 13.6. The molecule has 1 N–H and O–H groups in total. The summed E-state index contributed by atoms with van der Waals surface area (Å²) in [7, 11) is 0. The summed E-state index contributed by atoms with van der Waals surface area (Å²) in [4.78, 5) is 14.8. The third kappa shape index (κ3) is 5.27. The summed E-state index contributed by atoms with van der Waals surface area (Å²) >= 11 is 1.63. The number of thiophene rings is 1.